The van der Waals surface area contributed by atoms with Crippen LogP contribution in [-0.2, 0) is 4.74 Å². The van der Waals surface area contributed by atoms with Gasteiger partial charge in [-0.25, -0.2) is 4.99 Å². The van der Waals surface area contributed by atoms with Crippen molar-refractivity contribution in [1.29, 1.82) is 0 Å². The second kappa shape index (κ2) is 8.27. The minimum absolute atomic E-state index is 0.118. The summed E-state index contributed by atoms with van der Waals surface area (Å²) in [5.41, 5.74) is 1.09. The minimum Gasteiger partial charge on any atom is -0.496 e. The number of hydrogen-bond donors (Lipinski definition) is 1. The molecule has 2 aromatic rings. The molecule has 1 aromatic carbocycles. The number of aliphatic imine (C=N–C) groups is 1. The Morgan fingerprint density at radius 2 is 1.84 bits per heavy atom. The molecule has 0 bridgehead atoms. The predicted octanol–water partition coefficient (Wildman–Crippen LogP) is 4.22. The number of aromatic nitrogens is 2. The molecule has 1 fully saturated rings. The second-order valence-electron chi connectivity index (χ2n) is 8.38. The number of aromatic amines is 1. The van der Waals surface area contributed by atoms with Crippen LogP contribution in [0.3, 0.4) is 0 Å². The van der Waals surface area contributed by atoms with Gasteiger partial charge in [-0.05, 0) is 39.7 Å². The average Bonchev–Trinajstić information content (AvgIpc) is 3.07. The third-order valence-corrected chi connectivity index (χ3v) is 6.96. The molecule has 8 nitrogen and oxygen atoms in total. The van der Waals surface area contributed by atoms with Gasteiger partial charge in [-0.3, -0.25) is 14.6 Å². The number of rotatable bonds is 5. The lowest BCUT2D eigenvalue weighted by Gasteiger charge is -2.36. The highest BCUT2D eigenvalue weighted by Crippen LogP contribution is 2.50. The number of ether oxygens (including phenoxy) is 4. The van der Waals surface area contributed by atoms with Gasteiger partial charge in [0.25, 0.3) is 5.56 Å². The molecule has 2 aliphatic heterocycles. The first-order valence-corrected chi connectivity index (χ1v) is 11.2. The highest BCUT2D eigenvalue weighted by atomic mass is 32.2. The van der Waals surface area contributed by atoms with Crippen LogP contribution in [0.2, 0.25) is 0 Å². The van der Waals surface area contributed by atoms with Gasteiger partial charge in [0.15, 0.2) is 17.3 Å². The lowest BCUT2D eigenvalue weighted by atomic mass is 9.94. The summed E-state index contributed by atoms with van der Waals surface area (Å²) in [6.07, 6.45) is 1.63. The number of benzene rings is 1. The Morgan fingerprint density at radius 3 is 2.48 bits per heavy atom. The molecule has 1 aromatic heterocycles. The fourth-order valence-electron chi connectivity index (χ4n) is 4.37. The van der Waals surface area contributed by atoms with E-state index in [-0.39, 0.29) is 22.5 Å². The highest BCUT2D eigenvalue weighted by Gasteiger charge is 2.37. The largest absolute Gasteiger partial charge is 0.496 e. The SMILES string of the molecule is COc1cc(OC)c([C@H]2SC(C)=Nc3c2c(=O)[nH]n3[C@H]2CCOC(C)(C)C2)cc1OC. The molecule has 0 radical (unpaired) electrons. The highest BCUT2D eigenvalue weighted by molar-refractivity contribution is 8.14. The first kappa shape index (κ1) is 21.8. The first-order valence-electron chi connectivity index (χ1n) is 10.3. The van der Waals surface area contributed by atoms with Crippen LogP contribution in [0.25, 0.3) is 0 Å². The molecular weight excluding hydrogens is 418 g/mol. The molecule has 1 N–H and O–H groups in total. The number of thioether (sulfide) groups is 1. The summed E-state index contributed by atoms with van der Waals surface area (Å²) in [7, 11) is 4.79. The van der Waals surface area contributed by atoms with Crippen molar-refractivity contribution in [2.24, 2.45) is 4.99 Å². The number of fused-ring (bicyclic) bond motifs is 1. The van der Waals surface area contributed by atoms with Crippen molar-refractivity contribution in [3.63, 3.8) is 0 Å². The van der Waals surface area contributed by atoms with Gasteiger partial charge in [0, 0.05) is 18.2 Å². The molecule has 0 unspecified atom stereocenters. The minimum atomic E-state index is -0.278. The Bertz CT molecular complexity index is 1070. The maximum atomic E-state index is 13.2. The lowest BCUT2D eigenvalue weighted by Crippen LogP contribution is -2.35. The fourth-order valence-corrected chi connectivity index (χ4v) is 5.49. The normalized spacial score (nSPS) is 22.5. The number of nitrogens with one attached hydrogen (secondary N) is 1. The molecule has 3 heterocycles. The molecule has 9 heteroatoms. The van der Waals surface area contributed by atoms with Crippen molar-refractivity contribution in [2.45, 2.75) is 50.5 Å². The van der Waals surface area contributed by atoms with Gasteiger partial charge in [-0.1, -0.05) is 11.8 Å². The predicted molar refractivity (Wildman–Crippen MR) is 122 cm³/mol. The van der Waals surface area contributed by atoms with Crippen LogP contribution in [0.4, 0.5) is 5.82 Å². The van der Waals surface area contributed by atoms with Gasteiger partial charge in [0.1, 0.15) is 5.75 Å². The van der Waals surface area contributed by atoms with E-state index in [1.54, 1.807) is 27.4 Å². The van der Waals surface area contributed by atoms with Crippen molar-refractivity contribution in [3.05, 3.63) is 33.6 Å². The van der Waals surface area contributed by atoms with Crippen LogP contribution in [0.1, 0.15) is 56.0 Å². The number of hydrogen-bond acceptors (Lipinski definition) is 7. The van der Waals surface area contributed by atoms with E-state index < -0.39 is 0 Å². The van der Waals surface area contributed by atoms with Gasteiger partial charge in [-0.2, -0.15) is 0 Å². The van der Waals surface area contributed by atoms with Crippen molar-refractivity contribution in [1.82, 2.24) is 9.78 Å². The molecule has 2 atom stereocenters. The molecule has 4 rings (SSSR count). The van der Waals surface area contributed by atoms with E-state index in [0.717, 1.165) is 23.4 Å². The van der Waals surface area contributed by atoms with Crippen LogP contribution < -0.4 is 19.8 Å². The van der Waals surface area contributed by atoms with Crippen molar-refractivity contribution >= 4 is 22.6 Å². The van der Waals surface area contributed by atoms with Crippen LogP contribution in [0, 0.1) is 0 Å². The summed E-state index contributed by atoms with van der Waals surface area (Å²) in [6, 6.07) is 3.79. The van der Waals surface area contributed by atoms with Gasteiger partial charge in [-0.15, -0.1) is 0 Å². The van der Waals surface area contributed by atoms with Crippen molar-refractivity contribution < 1.29 is 18.9 Å². The van der Waals surface area contributed by atoms with Gasteiger partial charge < -0.3 is 18.9 Å². The zero-order valence-electron chi connectivity index (χ0n) is 18.8. The Hall–Kier alpha value is -2.39. The van der Waals surface area contributed by atoms with Crippen LogP contribution in [0.5, 0.6) is 17.2 Å². The molecule has 2 aliphatic rings. The topological polar surface area (TPSA) is 87.1 Å². The van der Waals surface area contributed by atoms with Crippen LogP contribution in [-0.4, -0.2) is 48.4 Å². The summed E-state index contributed by atoms with van der Waals surface area (Å²) >= 11 is 1.53. The first-order chi connectivity index (χ1) is 14.8. The molecule has 31 heavy (non-hydrogen) atoms. The Labute approximate surface area is 185 Å². The number of H-pyrrole nitrogens is 1. The van der Waals surface area contributed by atoms with Crippen LogP contribution in [0.15, 0.2) is 21.9 Å². The molecule has 0 amide bonds. The maximum absolute atomic E-state index is 13.2. The Balaban J connectivity index is 1.84. The lowest BCUT2D eigenvalue weighted by molar-refractivity contribution is -0.0705. The smallest absolute Gasteiger partial charge is 0.271 e. The van der Waals surface area contributed by atoms with Gasteiger partial charge in [0.05, 0.1) is 48.8 Å². The number of nitrogens with zero attached hydrogens (tertiary/aromatic N) is 2. The van der Waals surface area contributed by atoms with E-state index in [4.69, 9.17) is 23.9 Å². The van der Waals surface area contributed by atoms with E-state index in [9.17, 15) is 4.79 Å². The molecule has 1 saturated heterocycles. The van der Waals surface area contributed by atoms with Gasteiger partial charge in [0.2, 0.25) is 0 Å². The monoisotopic (exact) mass is 447 g/mol. The standard InChI is InChI=1S/C22H29N3O5S/c1-12-23-20-18(21(26)24-25(20)13-7-8-30-22(2,3)11-13)19(31-12)14-9-16(28-5)17(29-6)10-15(14)27-4/h9-10,13,19H,7-8,11H2,1-6H3,(H,24,26)/t13-,19+/m0/s1. The fraction of sp³-hybridized carbons (Fsp3) is 0.545. The molecule has 168 valence electrons. The summed E-state index contributed by atoms with van der Waals surface area (Å²) in [6.45, 7) is 6.77. The third kappa shape index (κ3) is 3.96. The van der Waals surface area contributed by atoms with Crippen LogP contribution >= 0.6 is 11.8 Å². The number of methoxy groups -OCH3 is 3. The summed E-state index contributed by atoms with van der Waals surface area (Å²) in [5.74, 6) is 2.48. The quantitative estimate of drug-likeness (QED) is 0.739. The summed E-state index contributed by atoms with van der Waals surface area (Å²) in [5, 5.41) is 3.67. The average molecular weight is 448 g/mol. The van der Waals surface area contributed by atoms with E-state index in [1.807, 2.05) is 17.7 Å². The summed E-state index contributed by atoms with van der Waals surface area (Å²) in [4.78, 5) is 17.9. The molecule has 0 spiro atoms. The summed E-state index contributed by atoms with van der Waals surface area (Å²) < 4.78 is 24.4. The molecular formula is C22H29N3O5S. The van der Waals surface area contributed by atoms with Gasteiger partial charge >= 0.3 is 0 Å². The maximum Gasteiger partial charge on any atom is 0.271 e. The van der Waals surface area contributed by atoms with E-state index in [1.165, 1.54) is 11.8 Å². The van der Waals surface area contributed by atoms with E-state index in [2.05, 4.69) is 18.9 Å². The molecule has 0 saturated carbocycles. The van der Waals surface area contributed by atoms with E-state index in [0.29, 0.717) is 35.2 Å². The molecule has 0 aliphatic carbocycles. The van der Waals surface area contributed by atoms with Crippen molar-refractivity contribution in [2.75, 3.05) is 27.9 Å². The third-order valence-electron chi connectivity index (χ3n) is 5.80. The zero-order valence-corrected chi connectivity index (χ0v) is 19.6. The zero-order chi connectivity index (χ0) is 22.3. The second-order valence-corrected chi connectivity index (χ2v) is 9.68. The Kier molecular flexibility index (Phi) is 5.83. The Morgan fingerprint density at radius 1 is 1.16 bits per heavy atom. The van der Waals surface area contributed by atoms with Crippen molar-refractivity contribution in [3.8, 4) is 17.2 Å². The van der Waals surface area contributed by atoms with E-state index >= 15 is 0 Å².